The van der Waals surface area contributed by atoms with Gasteiger partial charge in [0.25, 0.3) is 0 Å². The van der Waals surface area contributed by atoms with Gasteiger partial charge in [0.2, 0.25) is 0 Å². The molecule has 8 nitrogen and oxygen atoms in total. The minimum atomic E-state index is -3.77. The Balaban J connectivity index is 2.20. The summed E-state index contributed by atoms with van der Waals surface area (Å²) < 4.78 is 30.2. The second-order valence-corrected chi connectivity index (χ2v) is 6.98. The largest absolute Gasteiger partial charge is 0.481 e. The molecule has 21 heavy (non-hydrogen) atoms. The van der Waals surface area contributed by atoms with Gasteiger partial charge in [-0.15, -0.1) is 0 Å². The molecule has 0 saturated carbocycles. The van der Waals surface area contributed by atoms with Crippen molar-refractivity contribution in [1.29, 1.82) is 0 Å². The third kappa shape index (κ3) is 3.18. The summed E-state index contributed by atoms with van der Waals surface area (Å²) in [6.07, 6.45) is 1.05. The molecule has 1 fully saturated rings. The zero-order valence-electron chi connectivity index (χ0n) is 12.3. The van der Waals surface area contributed by atoms with Crippen LogP contribution in [0.3, 0.4) is 0 Å². The van der Waals surface area contributed by atoms with E-state index < -0.39 is 22.1 Å². The molecule has 1 atom stereocenters. The van der Waals surface area contributed by atoms with Crippen LogP contribution in [-0.2, 0) is 22.1 Å². The Labute approximate surface area is 123 Å². The molecule has 118 valence electrons. The predicted octanol–water partition coefficient (Wildman–Crippen LogP) is 0.490. The Morgan fingerprint density at radius 1 is 1.43 bits per heavy atom. The number of carboxylic acid groups (broad SMARTS) is 1. The summed E-state index contributed by atoms with van der Waals surface area (Å²) in [5, 5.41) is 13.2. The van der Waals surface area contributed by atoms with E-state index in [9.17, 15) is 13.2 Å². The lowest BCUT2D eigenvalue weighted by Gasteiger charge is -2.29. The number of anilines is 1. The Bertz CT molecular complexity index is 652. The molecule has 9 heteroatoms. The minimum Gasteiger partial charge on any atom is -0.481 e. The first kappa shape index (κ1) is 15.8. The number of aryl methyl sites for hydroxylation is 2. The molecule has 0 amide bonds. The van der Waals surface area contributed by atoms with E-state index in [1.165, 1.54) is 4.31 Å². The first-order chi connectivity index (χ1) is 9.72. The molecule has 0 radical (unpaired) electrons. The zero-order valence-corrected chi connectivity index (χ0v) is 13.1. The van der Waals surface area contributed by atoms with E-state index in [2.05, 4.69) is 9.82 Å². The van der Waals surface area contributed by atoms with Gasteiger partial charge < -0.3 is 5.11 Å². The van der Waals surface area contributed by atoms with Crippen molar-refractivity contribution in [2.45, 2.75) is 26.7 Å². The molecule has 0 aliphatic carbocycles. The van der Waals surface area contributed by atoms with Gasteiger partial charge in [-0.1, -0.05) is 0 Å². The van der Waals surface area contributed by atoms with Crippen molar-refractivity contribution in [3.63, 3.8) is 0 Å². The molecule has 1 unspecified atom stereocenters. The standard InChI is InChI=1S/C12H20N4O4S/c1-8-11(9(2)15(3)13-8)14-21(19,20)16-6-4-5-10(7-16)12(17)18/h10,14H,4-7H2,1-3H3,(H,17,18). The Morgan fingerprint density at radius 3 is 2.62 bits per heavy atom. The van der Waals surface area contributed by atoms with E-state index >= 15 is 0 Å². The van der Waals surface area contributed by atoms with Crippen LogP contribution in [0.1, 0.15) is 24.2 Å². The fourth-order valence-corrected chi connectivity index (χ4v) is 3.91. The maximum atomic E-state index is 12.4. The number of nitrogens with one attached hydrogen (secondary N) is 1. The van der Waals surface area contributed by atoms with Crippen LogP contribution in [0.25, 0.3) is 0 Å². The molecule has 1 aliphatic heterocycles. The number of carboxylic acids is 1. The second kappa shape index (κ2) is 5.64. The quantitative estimate of drug-likeness (QED) is 0.841. The summed E-state index contributed by atoms with van der Waals surface area (Å²) in [4.78, 5) is 11.0. The molecule has 2 heterocycles. The van der Waals surface area contributed by atoms with Crippen molar-refractivity contribution >= 4 is 21.9 Å². The fraction of sp³-hybridized carbons (Fsp3) is 0.667. The van der Waals surface area contributed by atoms with Crippen LogP contribution in [0.5, 0.6) is 0 Å². The van der Waals surface area contributed by atoms with Crippen LogP contribution in [0.15, 0.2) is 0 Å². The average Bonchev–Trinajstić information content (AvgIpc) is 2.65. The van der Waals surface area contributed by atoms with Gasteiger partial charge >= 0.3 is 16.2 Å². The SMILES string of the molecule is Cc1nn(C)c(C)c1NS(=O)(=O)N1CCCC(C(=O)O)C1. The molecule has 1 aromatic heterocycles. The van der Waals surface area contributed by atoms with Crippen molar-refractivity contribution in [3.8, 4) is 0 Å². The van der Waals surface area contributed by atoms with Crippen molar-refractivity contribution in [3.05, 3.63) is 11.4 Å². The lowest BCUT2D eigenvalue weighted by atomic mass is 10.0. The lowest BCUT2D eigenvalue weighted by molar-refractivity contribution is -0.142. The summed E-state index contributed by atoms with van der Waals surface area (Å²) in [6, 6.07) is 0. The van der Waals surface area contributed by atoms with Crippen LogP contribution in [0.4, 0.5) is 5.69 Å². The molecule has 2 N–H and O–H groups in total. The molecule has 1 aromatic rings. The molecule has 0 spiro atoms. The van der Waals surface area contributed by atoms with Crippen LogP contribution >= 0.6 is 0 Å². The summed E-state index contributed by atoms with van der Waals surface area (Å²) in [7, 11) is -2.03. The van der Waals surface area contributed by atoms with Gasteiger partial charge in [0, 0.05) is 20.1 Å². The second-order valence-electron chi connectivity index (χ2n) is 5.31. The number of nitrogens with zero attached hydrogens (tertiary/aromatic N) is 3. The number of aliphatic carboxylic acids is 1. The van der Waals surface area contributed by atoms with Crippen molar-refractivity contribution < 1.29 is 18.3 Å². The number of hydrogen-bond acceptors (Lipinski definition) is 4. The van der Waals surface area contributed by atoms with E-state index in [0.29, 0.717) is 36.5 Å². The smallest absolute Gasteiger partial charge is 0.307 e. The van der Waals surface area contributed by atoms with Gasteiger partial charge in [0.05, 0.1) is 23.0 Å². The monoisotopic (exact) mass is 316 g/mol. The van der Waals surface area contributed by atoms with E-state index in [4.69, 9.17) is 5.11 Å². The maximum Gasteiger partial charge on any atom is 0.307 e. The van der Waals surface area contributed by atoms with Gasteiger partial charge in [-0.25, -0.2) is 0 Å². The molecular formula is C12H20N4O4S. The highest BCUT2D eigenvalue weighted by Gasteiger charge is 2.33. The van der Waals surface area contributed by atoms with E-state index in [0.717, 1.165) is 0 Å². The van der Waals surface area contributed by atoms with Gasteiger partial charge in [-0.2, -0.15) is 17.8 Å². The highest BCUT2D eigenvalue weighted by Crippen LogP contribution is 2.24. The molecule has 1 saturated heterocycles. The van der Waals surface area contributed by atoms with E-state index in [-0.39, 0.29) is 6.54 Å². The van der Waals surface area contributed by atoms with Crippen LogP contribution < -0.4 is 4.72 Å². The first-order valence-electron chi connectivity index (χ1n) is 6.73. The number of aromatic nitrogens is 2. The minimum absolute atomic E-state index is 0.00300. The molecule has 0 aromatic carbocycles. The highest BCUT2D eigenvalue weighted by atomic mass is 32.2. The summed E-state index contributed by atoms with van der Waals surface area (Å²) in [5.74, 6) is -1.60. The molecule has 2 rings (SSSR count). The van der Waals surface area contributed by atoms with Crippen molar-refractivity contribution in [2.24, 2.45) is 13.0 Å². The summed E-state index contributed by atoms with van der Waals surface area (Å²) in [5.41, 5.74) is 1.75. The highest BCUT2D eigenvalue weighted by molar-refractivity contribution is 7.90. The molecule has 1 aliphatic rings. The number of hydrogen-bond donors (Lipinski definition) is 2. The van der Waals surface area contributed by atoms with Crippen molar-refractivity contribution in [1.82, 2.24) is 14.1 Å². The zero-order chi connectivity index (χ0) is 15.8. The topological polar surface area (TPSA) is 105 Å². The normalized spacial score (nSPS) is 20.4. The van der Waals surface area contributed by atoms with Crippen LogP contribution in [0, 0.1) is 19.8 Å². The predicted molar refractivity (Wildman–Crippen MR) is 77.2 cm³/mol. The lowest BCUT2D eigenvalue weighted by Crippen LogP contribution is -2.44. The Morgan fingerprint density at radius 2 is 2.10 bits per heavy atom. The Kier molecular flexibility index (Phi) is 4.24. The van der Waals surface area contributed by atoms with E-state index in [1.807, 2.05) is 0 Å². The van der Waals surface area contributed by atoms with Gasteiger partial charge in [0.1, 0.15) is 0 Å². The number of piperidine rings is 1. The van der Waals surface area contributed by atoms with Gasteiger partial charge in [-0.05, 0) is 26.7 Å². The number of carbonyl (C=O) groups is 1. The van der Waals surface area contributed by atoms with Gasteiger partial charge in [-0.3, -0.25) is 14.2 Å². The summed E-state index contributed by atoms with van der Waals surface area (Å²) in [6.45, 7) is 3.83. The van der Waals surface area contributed by atoms with E-state index in [1.54, 1.807) is 25.6 Å². The Hall–Kier alpha value is -1.61. The van der Waals surface area contributed by atoms with Crippen LogP contribution in [-0.4, -0.2) is 46.7 Å². The van der Waals surface area contributed by atoms with Crippen LogP contribution in [0.2, 0.25) is 0 Å². The third-order valence-electron chi connectivity index (χ3n) is 3.81. The number of rotatable bonds is 4. The van der Waals surface area contributed by atoms with Crippen molar-refractivity contribution in [2.75, 3.05) is 17.8 Å². The summed E-state index contributed by atoms with van der Waals surface area (Å²) >= 11 is 0. The van der Waals surface area contributed by atoms with Gasteiger partial charge in [0.15, 0.2) is 0 Å². The molecule has 0 bridgehead atoms. The average molecular weight is 316 g/mol. The fourth-order valence-electron chi connectivity index (χ4n) is 2.48. The third-order valence-corrected chi connectivity index (χ3v) is 5.29. The molecular weight excluding hydrogens is 296 g/mol. The first-order valence-corrected chi connectivity index (χ1v) is 8.17. The maximum absolute atomic E-state index is 12.4.